The number of carbonyl (C=O) groups is 2. The topological polar surface area (TPSA) is 94.8 Å². The van der Waals surface area contributed by atoms with Crippen molar-refractivity contribution < 1.29 is 24.9 Å². The van der Waals surface area contributed by atoms with Crippen LogP contribution in [-0.4, -0.2) is 27.3 Å². The van der Waals surface area contributed by atoms with Gasteiger partial charge >= 0.3 is 11.9 Å². The summed E-state index contributed by atoms with van der Waals surface area (Å²) in [6.07, 6.45) is -1.47. The number of hydrogen-bond donors (Lipinski definition) is 3. The monoisotopic (exact) mass is 398 g/mol. The molecule has 2 aromatic carbocycles. The summed E-state index contributed by atoms with van der Waals surface area (Å²) >= 11 is 11.6. The van der Waals surface area contributed by atoms with Gasteiger partial charge in [0, 0.05) is 10.0 Å². The van der Waals surface area contributed by atoms with Crippen molar-refractivity contribution in [1.29, 1.82) is 0 Å². The molecular formula is C19H20Cl2O5. The molecule has 0 aromatic heterocycles. The lowest BCUT2D eigenvalue weighted by atomic mass is 9.94. The highest BCUT2D eigenvalue weighted by Crippen LogP contribution is 2.30. The predicted molar refractivity (Wildman–Crippen MR) is 101 cm³/mol. The third-order valence-corrected chi connectivity index (χ3v) is 4.99. The second-order valence-electron chi connectivity index (χ2n) is 5.79. The first kappa shape index (κ1) is 22.0. The van der Waals surface area contributed by atoms with Gasteiger partial charge in [-0.25, -0.2) is 9.59 Å². The molecule has 0 heterocycles. The Balaban J connectivity index is 0.000000263. The molecule has 0 saturated heterocycles. The minimum absolute atomic E-state index is 0.326. The smallest absolute Gasteiger partial charge is 0.337 e. The molecule has 2 aromatic rings. The maximum Gasteiger partial charge on any atom is 0.337 e. The average Bonchev–Trinajstić information content (AvgIpc) is 2.58. The van der Waals surface area contributed by atoms with E-state index in [9.17, 15) is 9.59 Å². The third-order valence-electron chi connectivity index (χ3n) is 4.17. The van der Waals surface area contributed by atoms with Crippen LogP contribution >= 0.6 is 23.2 Å². The van der Waals surface area contributed by atoms with Crippen molar-refractivity contribution in [3.63, 3.8) is 0 Å². The van der Waals surface area contributed by atoms with Gasteiger partial charge in [0.2, 0.25) is 0 Å². The Morgan fingerprint density at radius 2 is 1.27 bits per heavy atom. The molecule has 0 saturated carbocycles. The number of carboxylic acids is 2. The van der Waals surface area contributed by atoms with Crippen molar-refractivity contribution >= 4 is 35.1 Å². The van der Waals surface area contributed by atoms with E-state index in [1.54, 1.807) is 13.8 Å². The highest BCUT2D eigenvalue weighted by Gasteiger charge is 2.17. The molecule has 7 heteroatoms. The van der Waals surface area contributed by atoms with Gasteiger partial charge in [-0.3, -0.25) is 0 Å². The number of aliphatic hydroxyl groups excluding tert-OH is 1. The van der Waals surface area contributed by atoms with Crippen molar-refractivity contribution in [3.8, 4) is 0 Å². The average molecular weight is 399 g/mol. The number of aromatic carboxylic acids is 1. The fraction of sp³-hybridized carbons (Fsp3) is 0.263. The molecule has 26 heavy (non-hydrogen) atoms. The Bertz CT molecular complexity index is 800. The zero-order chi connectivity index (χ0) is 20.2. The SMILES string of the molecule is Cc1c(C)c(C(=O)O)c(C)c(C)c1Cl.O=C(O)C(O)c1ccc(Cl)cc1. The van der Waals surface area contributed by atoms with Crippen LogP contribution in [0.1, 0.15) is 44.3 Å². The molecule has 0 aliphatic carbocycles. The highest BCUT2D eigenvalue weighted by molar-refractivity contribution is 6.32. The fourth-order valence-corrected chi connectivity index (χ4v) is 2.78. The van der Waals surface area contributed by atoms with Crippen LogP contribution in [0.2, 0.25) is 10.0 Å². The van der Waals surface area contributed by atoms with Gasteiger partial charge < -0.3 is 15.3 Å². The van der Waals surface area contributed by atoms with Crippen LogP contribution < -0.4 is 0 Å². The lowest BCUT2D eigenvalue weighted by Crippen LogP contribution is -2.09. The van der Waals surface area contributed by atoms with Crippen LogP contribution in [0.25, 0.3) is 0 Å². The lowest BCUT2D eigenvalue weighted by Gasteiger charge is -2.14. The van der Waals surface area contributed by atoms with Gasteiger partial charge in [-0.1, -0.05) is 35.3 Å². The molecule has 2 rings (SSSR count). The fourth-order valence-electron chi connectivity index (χ4n) is 2.38. The highest BCUT2D eigenvalue weighted by atomic mass is 35.5. The van der Waals surface area contributed by atoms with E-state index in [0.717, 1.165) is 22.3 Å². The number of hydrogen-bond acceptors (Lipinski definition) is 3. The van der Waals surface area contributed by atoms with Crippen LogP contribution in [0.4, 0.5) is 0 Å². The summed E-state index contributed by atoms with van der Waals surface area (Å²) in [5.74, 6) is -2.15. The lowest BCUT2D eigenvalue weighted by molar-refractivity contribution is -0.146. The first-order chi connectivity index (χ1) is 12.0. The summed E-state index contributed by atoms with van der Waals surface area (Å²) in [7, 11) is 0. The van der Waals surface area contributed by atoms with Gasteiger partial charge in [-0.15, -0.1) is 0 Å². The summed E-state index contributed by atoms with van der Waals surface area (Å²) in [6.45, 7) is 7.27. The zero-order valence-corrected chi connectivity index (χ0v) is 16.3. The molecular weight excluding hydrogens is 379 g/mol. The van der Waals surface area contributed by atoms with Gasteiger partial charge in [-0.05, 0) is 67.6 Å². The van der Waals surface area contributed by atoms with Gasteiger partial charge in [-0.2, -0.15) is 0 Å². The number of aliphatic hydroxyl groups is 1. The summed E-state index contributed by atoms with van der Waals surface area (Å²) in [5, 5.41) is 27.7. The van der Waals surface area contributed by atoms with Gasteiger partial charge in [0.05, 0.1) is 5.56 Å². The Hall–Kier alpha value is -2.08. The van der Waals surface area contributed by atoms with Crippen molar-refractivity contribution in [2.24, 2.45) is 0 Å². The predicted octanol–water partition coefficient (Wildman–Crippen LogP) is 4.73. The van der Waals surface area contributed by atoms with E-state index in [1.807, 2.05) is 13.8 Å². The van der Waals surface area contributed by atoms with Crippen molar-refractivity contribution in [3.05, 3.63) is 67.7 Å². The molecule has 0 amide bonds. The summed E-state index contributed by atoms with van der Waals surface area (Å²) in [4.78, 5) is 21.3. The van der Waals surface area contributed by atoms with Crippen LogP contribution in [0, 0.1) is 27.7 Å². The second-order valence-corrected chi connectivity index (χ2v) is 6.60. The van der Waals surface area contributed by atoms with Crippen molar-refractivity contribution in [2.45, 2.75) is 33.8 Å². The van der Waals surface area contributed by atoms with Gasteiger partial charge in [0.15, 0.2) is 6.10 Å². The van der Waals surface area contributed by atoms with E-state index < -0.39 is 18.0 Å². The zero-order valence-electron chi connectivity index (χ0n) is 14.8. The first-order valence-corrected chi connectivity index (χ1v) is 8.40. The minimum Gasteiger partial charge on any atom is -0.479 e. The molecule has 1 atom stereocenters. The standard InChI is InChI=1S/C11H13ClO2.C8H7ClO3/c1-5-7(3)10(12)8(4)6(2)9(5)11(13)14;9-6-3-1-5(2-4-6)7(10)8(11)12/h1-4H3,(H,13,14);1-4,7,10H,(H,11,12). The van der Waals surface area contributed by atoms with Crippen LogP contribution in [-0.2, 0) is 4.79 Å². The molecule has 0 aliphatic heterocycles. The van der Waals surface area contributed by atoms with E-state index >= 15 is 0 Å². The largest absolute Gasteiger partial charge is 0.479 e. The molecule has 0 fully saturated rings. The molecule has 1 unspecified atom stereocenters. The van der Waals surface area contributed by atoms with E-state index in [4.69, 9.17) is 38.5 Å². The van der Waals surface area contributed by atoms with E-state index in [0.29, 0.717) is 21.2 Å². The van der Waals surface area contributed by atoms with Crippen LogP contribution in [0.3, 0.4) is 0 Å². The van der Waals surface area contributed by atoms with Crippen LogP contribution in [0.5, 0.6) is 0 Å². The number of carboxylic acid groups (broad SMARTS) is 2. The normalized spacial score (nSPS) is 11.3. The number of rotatable bonds is 3. The quantitative estimate of drug-likeness (QED) is 0.694. The Morgan fingerprint density at radius 3 is 1.62 bits per heavy atom. The summed E-state index contributed by atoms with van der Waals surface area (Å²) in [6, 6.07) is 6.01. The Kier molecular flexibility index (Phi) is 7.63. The summed E-state index contributed by atoms with van der Waals surface area (Å²) in [5.41, 5.74) is 3.92. The minimum atomic E-state index is -1.47. The number of benzene rings is 2. The maximum absolute atomic E-state index is 11.0. The van der Waals surface area contributed by atoms with Gasteiger partial charge in [0.25, 0.3) is 0 Å². The number of halogens is 2. The molecule has 0 aliphatic rings. The molecule has 0 spiro atoms. The van der Waals surface area contributed by atoms with E-state index in [2.05, 4.69) is 0 Å². The summed E-state index contributed by atoms with van der Waals surface area (Å²) < 4.78 is 0. The molecule has 3 N–H and O–H groups in total. The van der Waals surface area contributed by atoms with E-state index in [1.165, 1.54) is 24.3 Å². The third kappa shape index (κ3) is 4.97. The molecule has 5 nitrogen and oxygen atoms in total. The van der Waals surface area contributed by atoms with E-state index in [-0.39, 0.29) is 0 Å². The van der Waals surface area contributed by atoms with Crippen LogP contribution in [0.15, 0.2) is 24.3 Å². The first-order valence-electron chi connectivity index (χ1n) is 7.64. The van der Waals surface area contributed by atoms with Crippen molar-refractivity contribution in [1.82, 2.24) is 0 Å². The van der Waals surface area contributed by atoms with Gasteiger partial charge in [0.1, 0.15) is 0 Å². The second kappa shape index (κ2) is 9.03. The molecule has 0 bridgehead atoms. The Labute approximate surface area is 161 Å². The number of aliphatic carboxylic acids is 1. The molecule has 140 valence electrons. The van der Waals surface area contributed by atoms with Crippen molar-refractivity contribution in [2.75, 3.05) is 0 Å². The molecule has 0 radical (unpaired) electrons. The Morgan fingerprint density at radius 1 is 0.846 bits per heavy atom. The maximum atomic E-state index is 11.0.